The molecule has 22 heavy (non-hydrogen) atoms. The number of hydrogen-bond donors (Lipinski definition) is 1. The fourth-order valence-corrected chi connectivity index (χ4v) is 1.69. The maximum Gasteiger partial charge on any atom is 0.416 e. The van der Waals surface area contributed by atoms with Crippen molar-refractivity contribution < 1.29 is 27.8 Å². The van der Waals surface area contributed by atoms with Gasteiger partial charge >= 0.3 is 12.1 Å². The smallest absolute Gasteiger partial charge is 0.416 e. The second kappa shape index (κ2) is 6.00. The minimum Gasteiger partial charge on any atom is -0.481 e. The van der Waals surface area contributed by atoms with Crippen LogP contribution in [0.15, 0.2) is 30.5 Å². The Bertz CT molecular complexity index is 702. The molecule has 0 saturated carbocycles. The van der Waals surface area contributed by atoms with Gasteiger partial charge in [0, 0.05) is 11.8 Å². The number of nitrogens with zero attached hydrogens (tertiary/aromatic N) is 2. The first-order chi connectivity index (χ1) is 10.3. The van der Waals surface area contributed by atoms with Crippen molar-refractivity contribution in [2.75, 3.05) is 0 Å². The molecule has 1 aromatic heterocycles. The number of hydrogen-bond acceptors (Lipinski definition) is 4. The average Bonchev–Trinajstić information content (AvgIpc) is 2.41. The summed E-state index contributed by atoms with van der Waals surface area (Å²) >= 11 is 0. The van der Waals surface area contributed by atoms with Crippen LogP contribution in [-0.2, 0) is 17.4 Å². The van der Waals surface area contributed by atoms with Crippen molar-refractivity contribution in [1.82, 2.24) is 9.97 Å². The lowest BCUT2D eigenvalue weighted by Gasteiger charge is -2.11. The van der Waals surface area contributed by atoms with Gasteiger partial charge in [-0.2, -0.15) is 18.2 Å². The molecule has 0 radical (unpaired) electrons. The molecule has 0 amide bonds. The van der Waals surface area contributed by atoms with Gasteiger partial charge in [0.05, 0.1) is 12.0 Å². The van der Waals surface area contributed by atoms with Gasteiger partial charge in [-0.15, -0.1) is 0 Å². The zero-order valence-electron chi connectivity index (χ0n) is 11.4. The first-order valence-corrected chi connectivity index (χ1v) is 6.15. The Kier molecular flexibility index (Phi) is 4.30. The number of alkyl halides is 3. The van der Waals surface area contributed by atoms with E-state index in [1.165, 1.54) is 18.3 Å². The van der Waals surface area contributed by atoms with Crippen LogP contribution in [-0.4, -0.2) is 21.0 Å². The van der Waals surface area contributed by atoms with Crippen LogP contribution in [0.5, 0.6) is 11.6 Å². The summed E-state index contributed by atoms with van der Waals surface area (Å²) in [5.74, 6) is -0.966. The van der Waals surface area contributed by atoms with E-state index in [1.807, 2.05) is 0 Å². The summed E-state index contributed by atoms with van der Waals surface area (Å²) in [7, 11) is 0. The van der Waals surface area contributed by atoms with Crippen LogP contribution in [0.3, 0.4) is 0 Å². The van der Waals surface area contributed by atoms with Crippen molar-refractivity contribution in [1.29, 1.82) is 0 Å². The Balaban J connectivity index is 2.34. The molecular formula is C14H11F3N2O3. The molecule has 8 heteroatoms. The number of aliphatic carboxylic acids is 1. The highest BCUT2D eigenvalue weighted by Crippen LogP contribution is 2.32. The van der Waals surface area contributed by atoms with Crippen molar-refractivity contribution in [2.45, 2.75) is 19.5 Å². The number of ether oxygens (including phenoxy) is 1. The van der Waals surface area contributed by atoms with Crippen LogP contribution in [0.4, 0.5) is 13.2 Å². The number of aromatic nitrogens is 2. The summed E-state index contributed by atoms with van der Waals surface area (Å²) in [6, 6.07) is 4.26. The molecule has 116 valence electrons. The summed E-state index contributed by atoms with van der Waals surface area (Å²) in [6.45, 7) is 1.56. The monoisotopic (exact) mass is 312 g/mol. The topological polar surface area (TPSA) is 72.3 Å². The second-order valence-corrected chi connectivity index (χ2v) is 4.45. The number of carbonyl (C=O) groups is 1. The van der Waals surface area contributed by atoms with E-state index in [9.17, 15) is 18.0 Å². The van der Waals surface area contributed by atoms with Gasteiger partial charge in [-0.05, 0) is 25.1 Å². The van der Waals surface area contributed by atoms with Crippen molar-refractivity contribution >= 4 is 5.97 Å². The molecule has 2 aromatic rings. The molecule has 0 bridgehead atoms. The van der Waals surface area contributed by atoms with Gasteiger partial charge < -0.3 is 9.84 Å². The normalized spacial score (nSPS) is 11.3. The Morgan fingerprint density at radius 2 is 2.09 bits per heavy atom. The number of rotatable bonds is 4. The predicted molar refractivity (Wildman–Crippen MR) is 69.6 cm³/mol. The van der Waals surface area contributed by atoms with E-state index in [0.717, 1.165) is 12.1 Å². The van der Waals surface area contributed by atoms with E-state index in [1.54, 1.807) is 6.92 Å². The molecule has 0 aliphatic carbocycles. The van der Waals surface area contributed by atoms with E-state index in [0.29, 0.717) is 5.82 Å². The Morgan fingerprint density at radius 1 is 1.36 bits per heavy atom. The lowest BCUT2D eigenvalue weighted by atomic mass is 10.2. The first-order valence-electron chi connectivity index (χ1n) is 6.15. The number of carboxylic acids is 1. The van der Waals surface area contributed by atoms with Crippen LogP contribution < -0.4 is 4.74 Å². The molecule has 0 saturated heterocycles. The molecule has 2 rings (SSSR count). The third kappa shape index (κ3) is 3.94. The van der Waals surface area contributed by atoms with Crippen molar-refractivity contribution in [3.63, 3.8) is 0 Å². The molecule has 1 aromatic carbocycles. The van der Waals surface area contributed by atoms with Gasteiger partial charge in [0.25, 0.3) is 0 Å². The van der Waals surface area contributed by atoms with Gasteiger partial charge in [0.2, 0.25) is 5.88 Å². The summed E-state index contributed by atoms with van der Waals surface area (Å²) in [5.41, 5.74) is -0.689. The zero-order chi connectivity index (χ0) is 16.3. The van der Waals surface area contributed by atoms with Gasteiger partial charge in [-0.25, -0.2) is 4.98 Å². The first kappa shape index (κ1) is 15.7. The van der Waals surface area contributed by atoms with E-state index in [4.69, 9.17) is 9.84 Å². The predicted octanol–water partition coefficient (Wildman–Crippen LogP) is 3.22. The zero-order valence-corrected chi connectivity index (χ0v) is 11.4. The maximum atomic E-state index is 12.7. The number of benzene rings is 1. The molecule has 0 fully saturated rings. The molecule has 1 N–H and O–H groups in total. The molecular weight excluding hydrogens is 301 g/mol. The summed E-state index contributed by atoms with van der Waals surface area (Å²) in [5, 5.41) is 8.82. The molecule has 0 spiro atoms. The van der Waals surface area contributed by atoms with Crippen molar-refractivity contribution in [3.8, 4) is 11.6 Å². The van der Waals surface area contributed by atoms with Crippen LogP contribution in [0.2, 0.25) is 0 Å². The molecule has 0 aliphatic heterocycles. The third-order valence-electron chi connectivity index (χ3n) is 2.66. The fraction of sp³-hybridized carbons (Fsp3) is 0.214. The number of halogens is 3. The Hall–Kier alpha value is -2.64. The minimum absolute atomic E-state index is 0.0748. The highest BCUT2D eigenvalue weighted by Gasteiger charge is 2.30. The summed E-state index contributed by atoms with van der Waals surface area (Å²) < 4.78 is 43.3. The Labute approximate surface area is 123 Å². The summed E-state index contributed by atoms with van der Waals surface area (Å²) in [4.78, 5) is 18.6. The molecule has 0 aliphatic rings. The lowest BCUT2D eigenvalue weighted by Crippen LogP contribution is -2.07. The minimum atomic E-state index is -4.50. The highest BCUT2D eigenvalue weighted by molar-refractivity contribution is 5.70. The van der Waals surface area contributed by atoms with Gasteiger partial charge in [0.15, 0.2) is 0 Å². The highest BCUT2D eigenvalue weighted by atomic mass is 19.4. The van der Waals surface area contributed by atoms with E-state index in [-0.39, 0.29) is 17.2 Å². The van der Waals surface area contributed by atoms with Crippen LogP contribution >= 0.6 is 0 Å². The lowest BCUT2D eigenvalue weighted by molar-refractivity contribution is -0.138. The van der Waals surface area contributed by atoms with Crippen molar-refractivity contribution in [2.24, 2.45) is 0 Å². The SMILES string of the molecule is Cc1ncc(CC(=O)O)c(Oc2cccc(C(F)(F)F)c2)n1. The third-order valence-corrected chi connectivity index (χ3v) is 2.66. The average molecular weight is 312 g/mol. The molecule has 1 heterocycles. The largest absolute Gasteiger partial charge is 0.481 e. The fourth-order valence-electron chi connectivity index (χ4n) is 1.69. The summed E-state index contributed by atoms with van der Waals surface area (Å²) in [6.07, 6.45) is -3.61. The van der Waals surface area contributed by atoms with Crippen LogP contribution in [0.1, 0.15) is 17.0 Å². The van der Waals surface area contributed by atoms with Crippen LogP contribution in [0, 0.1) is 6.92 Å². The quantitative estimate of drug-likeness (QED) is 0.938. The van der Waals surface area contributed by atoms with E-state index < -0.39 is 24.1 Å². The number of aryl methyl sites for hydroxylation is 1. The molecule has 0 atom stereocenters. The van der Waals surface area contributed by atoms with Gasteiger partial charge in [-0.1, -0.05) is 6.07 Å². The second-order valence-electron chi connectivity index (χ2n) is 4.45. The van der Waals surface area contributed by atoms with E-state index in [2.05, 4.69) is 9.97 Å². The Morgan fingerprint density at radius 3 is 2.73 bits per heavy atom. The van der Waals surface area contributed by atoms with Gasteiger partial charge in [-0.3, -0.25) is 4.79 Å². The maximum absolute atomic E-state index is 12.7. The van der Waals surface area contributed by atoms with E-state index >= 15 is 0 Å². The van der Waals surface area contributed by atoms with Crippen molar-refractivity contribution in [3.05, 3.63) is 47.4 Å². The molecule has 5 nitrogen and oxygen atoms in total. The van der Waals surface area contributed by atoms with Gasteiger partial charge in [0.1, 0.15) is 11.6 Å². The molecule has 0 unspecified atom stereocenters. The standard InChI is InChI=1S/C14H11F3N2O3/c1-8-18-7-9(5-12(20)21)13(19-8)22-11-4-2-3-10(6-11)14(15,16)17/h2-4,6-7H,5H2,1H3,(H,20,21). The van der Waals surface area contributed by atoms with Crippen LogP contribution in [0.25, 0.3) is 0 Å². The number of carboxylic acid groups (broad SMARTS) is 1.